The Morgan fingerprint density at radius 1 is 1.53 bits per heavy atom. The number of hydrogen-bond donors (Lipinski definition) is 1. The molecule has 17 heavy (non-hydrogen) atoms. The number of nitrogens with one attached hydrogen (secondary N) is 1. The highest BCUT2D eigenvalue weighted by Gasteiger charge is 2.07. The molecule has 1 aromatic heterocycles. The first-order valence-corrected chi connectivity index (χ1v) is 7.15. The van der Waals surface area contributed by atoms with Crippen LogP contribution in [0, 0.1) is 0 Å². The molecule has 0 aromatic carbocycles. The van der Waals surface area contributed by atoms with Crippen molar-refractivity contribution in [3.8, 4) is 0 Å². The van der Waals surface area contributed by atoms with Crippen LogP contribution in [-0.4, -0.2) is 31.3 Å². The molecule has 1 amide bonds. The van der Waals surface area contributed by atoms with Gasteiger partial charge in [0.15, 0.2) is 6.61 Å². The molecule has 0 saturated heterocycles. The standard InChI is InChI=1S/C10H12ClNO3S2/c1-12-9(13)4-15-10(14)6-16-5-7-2-3-8(11)17-7/h2-3H,4-6H2,1H3,(H,12,13). The molecule has 0 aliphatic rings. The van der Waals surface area contributed by atoms with Crippen molar-refractivity contribution in [2.75, 3.05) is 19.4 Å². The predicted octanol–water partition coefficient (Wildman–Crippen LogP) is 1.92. The number of likely N-dealkylation sites (N-methyl/N-ethyl adjacent to an activating group) is 1. The zero-order chi connectivity index (χ0) is 12.7. The Kier molecular flexibility index (Phi) is 6.39. The van der Waals surface area contributed by atoms with Crippen molar-refractivity contribution in [2.24, 2.45) is 0 Å². The van der Waals surface area contributed by atoms with E-state index in [1.165, 1.54) is 30.1 Å². The first-order valence-electron chi connectivity index (χ1n) is 4.80. The van der Waals surface area contributed by atoms with Gasteiger partial charge in [0.2, 0.25) is 0 Å². The van der Waals surface area contributed by atoms with Crippen LogP contribution in [0.4, 0.5) is 0 Å². The quantitative estimate of drug-likeness (QED) is 0.814. The van der Waals surface area contributed by atoms with E-state index < -0.39 is 0 Å². The number of rotatable bonds is 6. The Hall–Kier alpha value is -0.720. The molecule has 1 heterocycles. The van der Waals surface area contributed by atoms with E-state index in [0.717, 1.165) is 9.21 Å². The lowest BCUT2D eigenvalue weighted by atomic mass is 10.5. The third-order valence-corrected chi connectivity index (χ3v) is 4.11. The fourth-order valence-corrected chi connectivity index (χ4v) is 2.94. The van der Waals surface area contributed by atoms with Crippen LogP contribution >= 0.6 is 34.7 Å². The minimum Gasteiger partial charge on any atom is -0.455 e. The van der Waals surface area contributed by atoms with Crippen LogP contribution in [0.5, 0.6) is 0 Å². The molecule has 0 unspecified atom stereocenters. The van der Waals surface area contributed by atoms with Gasteiger partial charge in [0.05, 0.1) is 10.1 Å². The first-order chi connectivity index (χ1) is 8.11. The molecule has 1 N–H and O–H groups in total. The maximum atomic E-state index is 11.2. The lowest BCUT2D eigenvalue weighted by Crippen LogP contribution is -2.25. The fraction of sp³-hybridized carbons (Fsp3) is 0.400. The molecule has 0 atom stereocenters. The predicted molar refractivity (Wildman–Crippen MR) is 70.5 cm³/mol. The van der Waals surface area contributed by atoms with Gasteiger partial charge in [-0.05, 0) is 12.1 Å². The third-order valence-electron chi connectivity index (χ3n) is 1.74. The van der Waals surface area contributed by atoms with E-state index in [0.29, 0.717) is 5.75 Å². The number of amides is 1. The number of carbonyl (C=O) groups is 2. The summed E-state index contributed by atoms with van der Waals surface area (Å²) in [6.07, 6.45) is 0. The number of thioether (sulfide) groups is 1. The average molecular weight is 294 g/mol. The van der Waals surface area contributed by atoms with Gasteiger partial charge in [0.25, 0.3) is 5.91 Å². The first kappa shape index (κ1) is 14.3. The Labute approximate surface area is 113 Å². The molecule has 1 aromatic rings. The number of hydrogen-bond acceptors (Lipinski definition) is 5. The Bertz CT molecular complexity index is 395. The van der Waals surface area contributed by atoms with Crippen molar-refractivity contribution in [1.82, 2.24) is 5.32 Å². The van der Waals surface area contributed by atoms with Crippen LogP contribution in [0.3, 0.4) is 0 Å². The molecule has 0 bridgehead atoms. The Morgan fingerprint density at radius 3 is 2.88 bits per heavy atom. The van der Waals surface area contributed by atoms with Crippen LogP contribution in [0.1, 0.15) is 4.88 Å². The molecule has 94 valence electrons. The third kappa shape index (κ3) is 5.95. The summed E-state index contributed by atoms with van der Waals surface area (Å²) in [5.41, 5.74) is 0. The van der Waals surface area contributed by atoms with E-state index in [1.54, 1.807) is 0 Å². The number of esters is 1. The summed E-state index contributed by atoms with van der Waals surface area (Å²) >= 11 is 8.70. The topological polar surface area (TPSA) is 55.4 Å². The smallest absolute Gasteiger partial charge is 0.316 e. The molecule has 0 aliphatic heterocycles. The van der Waals surface area contributed by atoms with Crippen molar-refractivity contribution < 1.29 is 14.3 Å². The largest absolute Gasteiger partial charge is 0.455 e. The molecule has 7 heteroatoms. The molecule has 0 radical (unpaired) electrons. The molecular formula is C10H12ClNO3S2. The molecule has 0 aliphatic carbocycles. The van der Waals surface area contributed by atoms with Crippen LogP contribution in [0.15, 0.2) is 12.1 Å². The second-order valence-electron chi connectivity index (χ2n) is 3.03. The molecule has 0 spiro atoms. The lowest BCUT2D eigenvalue weighted by Gasteiger charge is -2.03. The van der Waals surface area contributed by atoms with Gasteiger partial charge in [-0.2, -0.15) is 0 Å². The van der Waals surface area contributed by atoms with Gasteiger partial charge in [-0.3, -0.25) is 9.59 Å². The summed E-state index contributed by atoms with van der Waals surface area (Å²) in [7, 11) is 1.49. The van der Waals surface area contributed by atoms with E-state index in [4.69, 9.17) is 16.3 Å². The highest BCUT2D eigenvalue weighted by atomic mass is 35.5. The monoisotopic (exact) mass is 293 g/mol. The van der Waals surface area contributed by atoms with Crippen molar-refractivity contribution in [1.29, 1.82) is 0 Å². The molecule has 1 rings (SSSR count). The zero-order valence-electron chi connectivity index (χ0n) is 9.20. The summed E-state index contributed by atoms with van der Waals surface area (Å²) in [5, 5.41) is 2.37. The van der Waals surface area contributed by atoms with E-state index in [1.807, 2.05) is 12.1 Å². The molecule has 4 nitrogen and oxygen atoms in total. The van der Waals surface area contributed by atoms with E-state index in [9.17, 15) is 9.59 Å². The van der Waals surface area contributed by atoms with Gasteiger partial charge < -0.3 is 10.1 Å². The summed E-state index contributed by atoms with van der Waals surface area (Å²) < 4.78 is 5.48. The van der Waals surface area contributed by atoms with E-state index in [2.05, 4.69) is 5.32 Å². The normalized spacial score (nSPS) is 10.0. The summed E-state index contributed by atoms with van der Waals surface area (Å²) in [6.45, 7) is -0.222. The Morgan fingerprint density at radius 2 is 2.29 bits per heavy atom. The van der Waals surface area contributed by atoms with Gasteiger partial charge >= 0.3 is 5.97 Å². The number of ether oxygens (including phenoxy) is 1. The number of thiophene rings is 1. The molecule has 0 fully saturated rings. The van der Waals surface area contributed by atoms with Crippen molar-refractivity contribution in [3.63, 3.8) is 0 Å². The van der Waals surface area contributed by atoms with Crippen molar-refractivity contribution >= 4 is 46.6 Å². The van der Waals surface area contributed by atoms with Gasteiger partial charge in [-0.25, -0.2) is 0 Å². The minimum absolute atomic E-state index is 0.222. The second kappa shape index (κ2) is 7.58. The summed E-state index contributed by atoms with van der Waals surface area (Å²) in [4.78, 5) is 23.1. The van der Waals surface area contributed by atoms with Crippen LogP contribution in [-0.2, 0) is 20.1 Å². The SMILES string of the molecule is CNC(=O)COC(=O)CSCc1ccc(Cl)s1. The van der Waals surface area contributed by atoms with Gasteiger partial charge in [-0.1, -0.05) is 11.6 Å². The zero-order valence-corrected chi connectivity index (χ0v) is 11.6. The highest BCUT2D eigenvalue weighted by molar-refractivity contribution is 7.99. The van der Waals surface area contributed by atoms with E-state index in [-0.39, 0.29) is 24.2 Å². The molecule has 0 saturated carbocycles. The maximum absolute atomic E-state index is 11.2. The highest BCUT2D eigenvalue weighted by Crippen LogP contribution is 2.25. The number of halogens is 1. The lowest BCUT2D eigenvalue weighted by molar-refractivity contribution is -0.145. The van der Waals surface area contributed by atoms with Crippen LogP contribution < -0.4 is 5.32 Å². The summed E-state index contributed by atoms with van der Waals surface area (Å²) in [5.74, 6) is 0.244. The molecular weight excluding hydrogens is 282 g/mol. The van der Waals surface area contributed by atoms with Gasteiger partial charge in [0.1, 0.15) is 0 Å². The van der Waals surface area contributed by atoms with Crippen LogP contribution in [0.2, 0.25) is 4.34 Å². The van der Waals surface area contributed by atoms with Gasteiger partial charge in [0, 0.05) is 17.7 Å². The average Bonchev–Trinajstić information content (AvgIpc) is 2.72. The Balaban J connectivity index is 2.14. The van der Waals surface area contributed by atoms with Crippen molar-refractivity contribution in [3.05, 3.63) is 21.3 Å². The minimum atomic E-state index is -0.388. The van der Waals surface area contributed by atoms with E-state index >= 15 is 0 Å². The maximum Gasteiger partial charge on any atom is 0.316 e. The van der Waals surface area contributed by atoms with Crippen molar-refractivity contribution in [2.45, 2.75) is 5.75 Å². The van der Waals surface area contributed by atoms with Gasteiger partial charge in [-0.15, -0.1) is 23.1 Å². The summed E-state index contributed by atoms with van der Waals surface area (Å²) in [6, 6.07) is 3.75. The second-order valence-corrected chi connectivity index (χ2v) is 5.82. The van der Waals surface area contributed by atoms with Crippen LogP contribution in [0.25, 0.3) is 0 Å². The number of carbonyl (C=O) groups excluding carboxylic acids is 2. The fourth-order valence-electron chi connectivity index (χ4n) is 0.924.